The summed E-state index contributed by atoms with van der Waals surface area (Å²) in [6.45, 7) is 0. The molecule has 4 nitrogen and oxygen atoms in total. The minimum Gasteiger partial charge on any atom is -0.508 e. The molecule has 0 aliphatic rings. The Morgan fingerprint density at radius 3 is 1.23 bits per heavy atom. The highest BCUT2D eigenvalue weighted by atomic mass is 16.3. The van der Waals surface area contributed by atoms with E-state index in [0.29, 0.717) is 0 Å². The van der Waals surface area contributed by atoms with Gasteiger partial charge in [0.25, 0.3) is 0 Å². The van der Waals surface area contributed by atoms with Gasteiger partial charge >= 0.3 is 0 Å². The molecule has 2 heterocycles. The molecule has 4 rings (SSSR count). The Hall–Kier alpha value is -3.66. The van der Waals surface area contributed by atoms with Crippen molar-refractivity contribution in [2.75, 3.05) is 0 Å². The lowest BCUT2D eigenvalue weighted by molar-refractivity contribution is -0.596. The highest BCUT2D eigenvalue weighted by Crippen LogP contribution is 2.18. The molecule has 26 heavy (non-hydrogen) atoms. The molecule has 0 amide bonds. The summed E-state index contributed by atoms with van der Waals surface area (Å²) in [6, 6.07) is 22.5. The first-order chi connectivity index (χ1) is 12.7. The monoisotopic (exact) mass is 342 g/mol. The van der Waals surface area contributed by atoms with E-state index < -0.39 is 0 Å². The maximum absolute atomic E-state index is 9.61. The van der Waals surface area contributed by atoms with Crippen molar-refractivity contribution in [2.45, 2.75) is 0 Å². The first-order valence-electron chi connectivity index (χ1n) is 8.31. The summed E-state index contributed by atoms with van der Waals surface area (Å²) >= 11 is 0. The molecule has 2 aromatic carbocycles. The number of benzene rings is 2. The lowest BCUT2D eigenvalue weighted by Crippen LogP contribution is -2.29. The van der Waals surface area contributed by atoms with E-state index in [0.717, 1.165) is 22.5 Å². The third kappa shape index (κ3) is 3.26. The molecule has 2 N–H and O–H groups in total. The molecule has 0 unspecified atom stereocenters. The zero-order chi connectivity index (χ0) is 17.9. The smallest absolute Gasteiger partial charge is 0.214 e. The van der Waals surface area contributed by atoms with Gasteiger partial charge in [0.1, 0.15) is 11.5 Å². The Morgan fingerprint density at radius 1 is 0.500 bits per heavy atom. The van der Waals surface area contributed by atoms with Gasteiger partial charge in [0.15, 0.2) is 24.8 Å². The molecule has 0 radical (unpaired) electrons. The molecule has 0 spiro atoms. The van der Waals surface area contributed by atoms with Crippen LogP contribution in [0.3, 0.4) is 0 Å². The van der Waals surface area contributed by atoms with Gasteiger partial charge in [-0.25, -0.2) is 0 Å². The van der Waals surface area contributed by atoms with Gasteiger partial charge < -0.3 is 10.2 Å². The first kappa shape index (κ1) is 15.8. The Bertz CT molecular complexity index is 955. The van der Waals surface area contributed by atoms with Crippen LogP contribution in [-0.4, -0.2) is 10.2 Å². The number of hydrogen-bond donors (Lipinski definition) is 2. The second-order valence-electron chi connectivity index (χ2n) is 6.03. The van der Waals surface area contributed by atoms with Gasteiger partial charge in [-0.3, -0.25) is 0 Å². The molecule has 0 bridgehead atoms. The predicted molar refractivity (Wildman–Crippen MR) is 98.3 cm³/mol. The van der Waals surface area contributed by atoms with Crippen LogP contribution in [-0.2, 0) is 0 Å². The van der Waals surface area contributed by atoms with E-state index in [1.165, 1.54) is 0 Å². The number of pyridine rings is 2. The number of nitrogens with zero attached hydrogens (tertiary/aromatic N) is 2. The van der Waals surface area contributed by atoms with Crippen molar-refractivity contribution in [2.24, 2.45) is 0 Å². The molecule has 4 aromatic rings. The molecule has 0 fully saturated rings. The van der Waals surface area contributed by atoms with E-state index in [4.69, 9.17) is 0 Å². The first-order valence-corrected chi connectivity index (χ1v) is 8.31. The third-order valence-corrected chi connectivity index (χ3v) is 4.25. The van der Waals surface area contributed by atoms with Crippen molar-refractivity contribution in [1.29, 1.82) is 0 Å². The number of phenols is 2. The van der Waals surface area contributed by atoms with Gasteiger partial charge in [0, 0.05) is 36.4 Å². The maximum Gasteiger partial charge on any atom is 0.214 e. The van der Waals surface area contributed by atoms with E-state index in [9.17, 15) is 10.2 Å². The van der Waals surface area contributed by atoms with Crippen molar-refractivity contribution in [3.8, 4) is 34.0 Å². The van der Waals surface area contributed by atoms with Crippen molar-refractivity contribution >= 4 is 0 Å². The van der Waals surface area contributed by atoms with Crippen LogP contribution >= 0.6 is 0 Å². The average Bonchev–Trinajstić information content (AvgIpc) is 2.68. The summed E-state index contributed by atoms with van der Waals surface area (Å²) in [5.41, 5.74) is 4.02. The number of hydrogen-bond acceptors (Lipinski definition) is 2. The fraction of sp³-hybridized carbons (Fsp3) is 0. The van der Waals surface area contributed by atoms with Crippen LogP contribution in [0.4, 0.5) is 0 Å². The van der Waals surface area contributed by atoms with Crippen molar-refractivity contribution in [3.05, 3.63) is 97.6 Å². The summed E-state index contributed by atoms with van der Waals surface area (Å²) in [4.78, 5) is 0. The summed E-state index contributed by atoms with van der Waals surface area (Å²) in [5, 5.41) is 19.2. The van der Waals surface area contributed by atoms with E-state index in [1.807, 2.05) is 82.5 Å². The van der Waals surface area contributed by atoms with Crippen LogP contribution in [0.5, 0.6) is 11.5 Å². The molecule has 0 aliphatic carbocycles. The Labute approximate surface area is 151 Å². The van der Waals surface area contributed by atoms with Crippen LogP contribution in [0.1, 0.15) is 0 Å². The van der Waals surface area contributed by atoms with E-state index in [1.54, 1.807) is 24.3 Å². The number of rotatable bonds is 3. The lowest BCUT2D eigenvalue weighted by Gasteiger charge is -2.02. The maximum atomic E-state index is 9.61. The van der Waals surface area contributed by atoms with E-state index in [-0.39, 0.29) is 11.5 Å². The second-order valence-corrected chi connectivity index (χ2v) is 6.03. The van der Waals surface area contributed by atoms with Crippen molar-refractivity contribution in [3.63, 3.8) is 0 Å². The lowest BCUT2D eigenvalue weighted by atomic mass is 10.1. The van der Waals surface area contributed by atoms with Gasteiger partial charge in [-0.05, 0) is 23.3 Å². The molecular formula is C22H18N2O2+2. The number of aromatic nitrogens is 2. The highest BCUT2D eigenvalue weighted by molar-refractivity contribution is 5.61. The van der Waals surface area contributed by atoms with Crippen LogP contribution in [0.15, 0.2) is 97.6 Å². The van der Waals surface area contributed by atoms with E-state index >= 15 is 0 Å². The molecule has 0 aliphatic heterocycles. The third-order valence-electron chi connectivity index (χ3n) is 4.25. The number of aromatic hydroxyl groups is 2. The molecule has 0 saturated carbocycles. The Balaban J connectivity index is 1.60. The van der Waals surface area contributed by atoms with Gasteiger partial charge in [0.05, 0.1) is 12.1 Å². The fourth-order valence-corrected chi connectivity index (χ4v) is 2.89. The van der Waals surface area contributed by atoms with Crippen LogP contribution < -0.4 is 9.13 Å². The van der Waals surface area contributed by atoms with E-state index in [2.05, 4.69) is 0 Å². The average molecular weight is 342 g/mol. The zero-order valence-corrected chi connectivity index (χ0v) is 14.0. The minimum absolute atomic E-state index is 0.249. The van der Waals surface area contributed by atoms with Crippen LogP contribution in [0.2, 0.25) is 0 Å². The highest BCUT2D eigenvalue weighted by Gasteiger charge is 2.10. The topological polar surface area (TPSA) is 48.2 Å². The Kier molecular flexibility index (Phi) is 4.07. The van der Waals surface area contributed by atoms with Crippen molar-refractivity contribution in [1.82, 2.24) is 0 Å². The quantitative estimate of drug-likeness (QED) is 0.561. The number of phenolic OH excluding ortho intramolecular Hbond substituents is 2. The predicted octanol–water partition coefficient (Wildman–Crippen LogP) is 3.32. The summed E-state index contributed by atoms with van der Waals surface area (Å²) in [6.07, 6.45) is 7.89. The molecule has 4 heteroatoms. The van der Waals surface area contributed by atoms with Gasteiger partial charge in [-0.2, -0.15) is 9.13 Å². The fourth-order valence-electron chi connectivity index (χ4n) is 2.89. The summed E-state index contributed by atoms with van der Waals surface area (Å²) < 4.78 is 3.91. The molecule has 0 atom stereocenters. The molecule has 2 aromatic heterocycles. The standard InChI is InChI=1S/C22H16N2O2/c25-21-5-1-3-19(15-21)23-11-7-17(8-12-23)18-9-13-24(14-10-18)20-4-2-6-22(26)16-20/h1-16H/p+2. The normalized spacial score (nSPS) is 10.6. The zero-order valence-electron chi connectivity index (χ0n) is 14.0. The minimum atomic E-state index is 0.249. The Morgan fingerprint density at radius 2 is 0.885 bits per heavy atom. The van der Waals surface area contributed by atoms with Gasteiger partial charge in [-0.1, -0.05) is 12.1 Å². The molecule has 126 valence electrons. The molecule has 0 saturated heterocycles. The van der Waals surface area contributed by atoms with Crippen molar-refractivity contribution < 1.29 is 19.3 Å². The largest absolute Gasteiger partial charge is 0.508 e. The summed E-state index contributed by atoms with van der Waals surface area (Å²) in [7, 11) is 0. The SMILES string of the molecule is Oc1cccc(-[n+]2ccc(-c3cc[n+](-c4cccc(O)c4)cc3)cc2)c1. The molecular weight excluding hydrogens is 324 g/mol. The van der Waals surface area contributed by atoms with Gasteiger partial charge in [-0.15, -0.1) is 0 Å². The van der Waals surface area contributed by atoms with Crippen LogP contribution in [0, 0.1) is 0 Å². The van der Waals surface area contributed by atoms with Crippen LogP contribution in [0.25, 0.3) is 22.5 Å². The summed E-state index contributed by atoms with van der Waals surface area (Å²) in [5.74, 6) is 0.497. The van der Waals surface area contributed by atoms with Gasteiger partial charge in [0.2, 0.25) is 11.4 Å². The second kappa shape index (κ2) is 6.69.